The molecule has 1 aliphatic carbocycles. The van der Waals surface area contributed by atoms with E-state index in [0.717, 1.165) is 31.1 Å². The van der Waals surface area contributed by atoms with Crippen molar-refractivity contribution >= 4 is 11.0 Å². The predicted molar refractivity (Wildman–Crippen MR) is 113 cm³/mol. The third-order valence-corrected chi connectivity index (χ3v) is 6.09. The monoisotopic (exact) mass is 382 g/mol. The minimum absolute atomic E-state index is 0.124. The highest BCUT2D eigenvalue weighted by Gasteiger charge is 2.40. The zero-order valence-electron chi connectivity index (χ0n) is 17.0. The minimum atomic E-state index is -0.363. The molecule has 4 nitrogen and oxygen atoms in total. The number of rotatable bonds is 6. The van der Waals surface area contributed by atoms with Gasteiger partial charge in [0.1, 0.15) is 17.9 Å². The standard InChI is InChI=1S/C24H30O4/c1-16(5-10-20-17(2)6-11-22(25)24(20,3)4)13-14-27-19-9-7-18-8-12-23(26)28-21(18)15-19/h7-9,12-13,15,20,22,25H,2,5-6,10-11,14H2,1,3-4H3/b16-13+/t20-,22-/m0/s1. The molecule has 0 spiro atoms. The molecule has 150 valence electrons. The summed E-state index contributed by atoms with van der Waals surface area (Å²) in [5, 5.41) is 11.2. The van der Waals surface area contributed by atoms with Crippen molar-refractivity contribution in [2.24, 2.45) is 11.3 Å². The molecule has 2 aromatic rings. The van der Waals surface area contributed by atoms with E-state index in [0.29, 0.717) is 23.9 Å². The normalized spacial score (nSPS) is 22.4. The van der Waals surface area contributed by atoms with Gasteiger partial charge in [0.05, 0.1) is 6.10 Å². The number of ether oxygens (including phenoxy) is 1. The van der Waals surface area contributed by atoms with E-state index < -0.39 is 0 Å². The number of aliphatic hydroxyl groups excluding tert-OH is 1. The molecule has 3 rings (SSSR count). The molecule has 2 atom stereocenters. The lowest BCUT2D eigenvalue weighted by Gasteiger charge is -2.44. The summed E-state index contributed by atoms with van der Waals surface area (Å²) in [7, 11) is 0. The molecule has 0 aliphatic heterocycles. The van der Waals surface area contributed by atoms with Gasteiger partial charge >= 0.3 is 5.63 Å². The molecular formula is C24H30O4. The zero-order valence-corrected chi connectivity index (χ0v) is 17.0. The molecule has 1 fully saturated rings. The van der Waals surface area contributed by atoms with Gasteiger partial charge in [0, 0.05) is 17.5 Å². The first kappa shape index (κ1) is 20.4. The lowest BCUT2D eigenvalue weighted by atomic mass is 9.63. The van der Waals surface area contributed by atoms with Crippen LogP contribution in [0.25, 0.3) is 11.0 Å². The minimum Gasteiger partial charge on any atom is -0.489 e. The summed E-state index contributed by atoms with van der Waals surface area (Å²) in [5.74, 6) is 1.01. The van der Waals surface area contributed by atoms with E-state index in [4.69, 9.17) is 9.15 Å². The number of benzene rings is 1. The molecule has 1 aromatic carbocycles. The van der Waals surface area contributed by atoms with Gasteiger partial charge in [-0.15, -0.1) is 0 Å². The molecule has 1 aliphatic rings. The fraction of sp³-hybridized carbons (Fsp3) is 0.458. The fourth-order valence-corrected chi connectivity index (χ4v) is 4.09. The van der Waals surface area contributed by atoms with Crippen LogP contribution in [0, 0.1) is 11.3 Å². The lowest BCUT2D eigenvalue weighted by molar-refractivity contribution is -0.00881. The smallest absolute Gasteiger partial charge is 0.336 e. The van der Waals surface area contributed by atoms with Crippen molar-refractivity contribution in [1.29, 1.82) is 0 Å². The van der Waals surface area contributed by atoms with Crippen molar-refractivity contribution in [3.8, 4) is 5.75 Å². The van der Waals surface area contributed by atoms with E-state index in [-0.39, 0.29) is 17.1 Å². The van der Waals surface area contributed by atoms with Gasteiger partial charge in [-0.05, 0) is 68.2 Å². The van der Waals surface area contributed by atoms with Crippen LogP contribution < -0.4 is 10.4 Å². The van der Waals surface area contributed by atoms with Gasteiger partial charge in [0.25, 0.3) is 0 Å². The Bertz CT molecular complexity index is 935. The zero-order chi connectivity index (χ0) is 20.3. The Morgan fingerprint density at radius 2 is 2.11 bits per heavy atom. The van der Waals surface area contributed by atoms with Crippen molar-refractivity contribution in [3.63, 3.8) is 0 Å². The molecule has 0 unspecified atom stereocenters. The summed E-state index contributed by atoms with van der Waals surface area (Å²) in [6.45, 7) is 11.1. The van der Waals surface area contributed by atoms with Crippen LogP contribution in [0.2, 0.25) is 0 Å². The summed E-state index contributed by atoms with van der Waals surface area (Å²) >= 11 is 0. The van der Waals surface area contributed by atoms with Crippen LogP contribution in [-0.4, -0.2) is 17.8 Å². The molecule has 1 N–H and O–H groups in total. The van der Waals surface area contributed by atoms with Gasteiger partial charge in [-0.2, -0.15) is 0 Å². The molecule has 0 radical (unpaired) electrons. The highest BCUT2D eigenvalue weighted by atomic mass is 16.5. The van der Waals surface area contributed by atoms with Crippen LogP contribution in [-0.2, 0) is 0 Å². The van der Waals surface area contributed by atoms with Crippen LogP contribution in [0.15, 0.2) is 63.3 Å². The van der Waals surface area contributed by atoms with Gasteiger partial charge in [-0.3, -0.25) is 0 Å². The van der Waals surface area contributed by atoms with E-state index in [1.807, 2.05) is 12.1 Å². The van der Waals surface area contributed by atoms with Crippen LogP contribution >= 0.6 is 0 Å². The summed E-state index contributed by atoms with van der Waals surface area (Å²) in [6, 6.07) is 8.66. The largest absolute Gasteiger partial charge is 0.489 e. The van der Waals surface area contributed by atoms with Crippen molar-refractivity contribution in [2.75, 3.05) is 6.61 Å². The molecule has 1 heterocycles. The van der Waals surface area contributed by atoms with Crippen molar-refractivity contribution in [2.45, 2.75) is 52.6 Å². The Kier molecular flexibility index (Phi) is 6.09. The molecule has 28 heavy (non-hydrogen) atoms. The first-order valence-corrected chi connectivity index (χ1v) is 9.95. The third kappa shape index (κ3) is 4.56. The topological polar surface area (TPSA) is 59.7 Å². The molecule has 0 bridgehead atoms. The number of fused-ring (bicyclic) bond motifs is 1. The third-order valence-electron chi connectivity index (χ3n) is 6.09. The molecular weight excluding hydrogens is 352 g/mol. The van der Waals surface area contributed by atoms with Crippen molar-refractivity contribution < 1.29 is 14.3 Å². The van der Waals surface area contributed by atoms with E-state index in [9.17, 15) is 9.90 Å². The number of allylic oxidation sites excluding steroid dienone is 2. The van der Waals surface area contributed by atoms with Gasteiger partial charge in [-0.25, -0.2) is 4.79 Å². The SMILES string of the molecule is C=C1CC[C@H](O)C(C)(C)[C@H]1CC/C(C)=C/COc1ccc2ccc(=O)oc2c1. The fourth-order valence-electron chi connectivity index (χ4n) is 4.09. The average molecular weight is 383 g/mol. The maximum Gasteiger partial charge on any atom is 0.336 e. The molecule has 0 amide bonds. The Morgan fingerprint density at radius 3 is 2.89 bits per heavy atom. The second-order valence-electron chi connectivity index (χ2n) is 8.44. The van der Waals surface area contributed by atoms with Crippen molar-refractivity contribution in [1.82, 2.24) is 0 Å². The van der Waals surface area contributed by atoms with Crippen LogP contribution in [0.3, 0.4) is 0 Å². The summed E-state index contributed by atoms with van der Waals surface area (Å²) in [6.07, 6.45) is 5.50. The molecule has 1 saturated carbocycles. The maximum atomic E-state index is 11.4. The number of hydrogen-bond acceptors (Lipinski definition) is 4. The quantitative estimate of drug-likeness (QED) is 0.547. The Balaban J connectivity index is 1.56. The summed E-state index contributed by atoms with van der Waals surface area (Å²) in [4.78, 5) is 11.4. The summed E-state index contributed by atoms with van der Waals surface area (Å²) < 4.78 is 11.0. The Morgan fingerprint density at radius 1 is 1.36 bits per heavy atom. The lowest BCUT2D eigenvalue weighted by Crippen LogP contribution is -2.41. The van der Waals surface area contributed by atoms with E-state index >= 15 is 0 Å². The number of aliphatic hydroxyl groups is 1. The second-order valence-corrected chi connectivity index (χ2v) is 8.44. The van der Waals surface area contributed by atoms with Crippen LogP contribution in [0.4, 0.5) is 0 Å². The first-order valence-electron chi connectivity index (χ1n) is 9.95. The van der Waals surface area contributed by atoms with E-state index in [1.54, 1.807) is 12.1 Å². The molecule has 0 saturated heterocycles. The maximum absolute atomic E-state index is 11.4. The average Bonchev–Trinajstić information content (AvgIpc) is 2.64. The summed E-state index contributed by atoms with van der Waals surface area (Å²) in [5.41, 5.74) is 2.56. The van der Waals surface area contributed by atoms with E-state index in [2.05, 4.69) is 33.4 Å². The second kappa shape index (κ2) is 8.36. The van der Waals surface area contributed by atoms with Gasteiger partial charge in [-0.1, -0.05) is 31.6 Å². The molecule has 1 aromatic heterocycles. The Labute approximate surface area is 166 Å². The highest BCUT2D eigenvalue weighted by molar-refractivity contribution is 5.77. The van der Waals surface area contributed by atoms with Gasteiger partial charge in [0.15, 0.2) is 0 Å². The molecule has 4 heteroatoms. The van der Waals surface area contributed by atoms with Gasteiger partial charge < -0.3 is 14.3 Å². The number of hydrogen-bond donors (Lipinski definition) is 1. The highest BCUT2D eigenvalue weighted by Crippen LogP contribution is 2.45. The van der Waals surface area contributed by atoms with E-state index in [1.165, 1.54) is 17.2 Å². The Hall–Kier alpha value is -2.33. The first-order chi connectivity index (χ1) is 13.3. The predicted octanol–water partition coefficient (Wildman–Crippen LogP) is 5.25. The van der Waals surface area contributed by atoms with Crippen LogP contribution in [0.5, 0.6) is 5.75 Å². The van der Waals surface area contributed by atoms with Gasteiger partial charge in [0.2, 0.25) is 0 Å². The van der Waals surface area contributed by atoms with Crippen molar-refractivity contribution in [3.05, 3.63) is 64.6 Å². The van der Waals surface area contributed by atoms with Crippen LogP contribution in [0.1, 0.15) is 46.5 Å².